The summed E-state index contributed by atoms with van der Waals surface area (Å²) in [7, 11) is 0. The molecule has 5 nitrogen and oxygen atoms in total. The van der Waals surface area contributed by atoms with E-state index in [1.807, 2.05) is 6.92 Å². The van der Waals surface area contributed by atoms with Crippen LogP contribution in [0.4, 0.5) is 0 Å². The maximum absolute atomic E-state index is 11.3. The highest BCUT2D eigenvalue weighted by Crippen LogP contribution is 2.17. The lowest BCUT2D eigenvalue weighted by molar-refractivity contribution is -0.117. The number of carbonyl (C=O) groups is 1. The molecule has 0 radical (unpaired) electrons. The van der Waals surface area contributed by atoms with Crippen LogP contribution in [0.25, 0.3) is 0 Å². The van der Waals surface area contributed by atoms with Gasteiger partial charge in [0.15, 0.2) is 5.16 Å². The molecule has 0 aromatic carbocycles. The first-order valence-electron chi connectivity index (χ1n) is 5.09. The van der Waals surface area contributed by atoms with Crippen LogP contribution in [0.15, 0.2) is 16.0 Å². The molecule has 0 spiro atoms. The van der Waals surface area contributed by atoms with Crippen molar-refractivity contribution in [3.05, 3.63) is 22.1 Å². The Balaban J connectivity index is 2.88. The van der Waals surface area contributed by atoms with Gasteiger partial charge in [-0.2, -0.15) is 0 Å². The summed E-state index contributed by atoms with van der Waals surface area (Å²) in [6.07, 6.45) is 1.67. The zero-order chi connectivity index (χ0) is 12.1. The number of amides is 1. The van der Waals surface area contributed by atoms with Crippen LogP contribution < -0.4 is 11.3 Å². The van der Waals surface area contributed by atoms with Gasteiger partial charge in [0.2, 0.25) is 5.91 Å². The second-order valence-electron chi connectivity index (χ2n) is 3.45. The first-order chi connectivity index (χ1) is 7.52. The van der Waals surface area contributed by atoms with Crippen molar-refractivity contribution < 1.29 is 4.79 Å². The molecule has 16 heavy (non-hydrogen) atoms. The molecule has 3 N–H and O–H groups in total. The van der Waals surface area contributed by atoms with Crippen LogP contribution in [-0.2, 0) is 11.2 Å². The van der Waals surface area contributed by atoms with Gasteiger partial charge >= 0.3 is 0 Å². The molecule has 0 fully saturated rings. The minimum absolute atomic E-state index is 0.197. The Morgan fingerprint density at radius 3 is 2.94 bits per heavy atom. The van der Waals surface area contributed by atoms with Gasteiger partial charge in [-0.25, -0.2) is 4.98 Å². The van der Waals surface area contributed by atoms with Gasteiger partial charge in [-0.3, -0.25) is 9.59 Å². The summed E-state index contributed by atoms with van der Waals surface area (Å²) in [4.78, 5) is 29.0. The molecule has 6 heteroatoms. The molecule has 1 aromatic rings. The Morgan fingerprint density at radius 1 is 1.69 bits per heavy atom. The fourth-order valence-corrected chi connectivity index (χ4v) is 1.93. The SMILES string of the molecule is CCCc1cc(=O)[nH]c(S[C@H](C)C(N)=O)n1. The van der Waals surface area contributed by atoms with Crippen molar-refractivity contribution in [1.82, 2.24) is 9.97 Å². The van der Waals surface area contributed by atoms with E-state index in [1.165, 1.54) is 6.07 Å². The molecule has 0 aliphatic rings. The number of H-pyrrole nitrogens is 1. The number of hydrogen-bond acceptors (Lipinski definition) is 4. The number of aryl methyl sites for hydroxylation is 1. The number of carbonyl (C=O) groups excluding carboxylic acids is 1. The smallest absolute Gasteiger partial charge is 0.251 e. The van der Waals surface area contributed by atoms with E-state index >= 15 is 0 Å². The van der Waals surface area contributed by atoms with Gasteiger partial charge in [-0.15, -0.1) is 0 Å². The molecule has 0 aliphatic heterocycles. The lowest BCUT2D eigenvalue weighted by Gasteiger charge is -2.06. The highest BCUT2D eigenvalue weighted by atomic mass is 32.2. The van der Waals surface area contributed by atoms with Crippen LogP contribution in [-0.4, -0.2) is 21.1 Å². The minimum atomic E-state index is -0.423. The molecule has 0 bridgehead atoms. The molecule has 0 saturated carbocycles. The summed E-state index contributed by atoms with van der Waals surface area (Å²) in [5.74, 6) is -0.423. The van der Waals surface area contributed by atoms with Crippen LogP contribution in [0, 0.1) is 0 Å². The molecule has 1 atom stereocenters. The molecule has 0 aliphatic carbocycles. The van der Waals surface area contributed by atoms with Crippen LogP contribution >= 0.6 is 11.8 Å². The highest BCUT2D eigenvalue weighted by molar-refractivity contribution is 8.00. The third kappa shape index (κ3) is 3.69. The number of nitrogens with zero attached hydrogens (tertiary/aromatic N) is 1. The van der Waals surface area contributed by atoms with Gasteiger partial charge in [0.1, 0.15) is 0 Å². The number of nitrogens with two attached hydrogens (primary N) is 1. The molecule has 1 rings (SSSR count). The zero-order valence-corrected chi connectivity index (χ0v) is 10.1. The van der Waals surface area contributed by atoms with Crippen molar-refractivity contribution >= 4 is 17.7 Å². The standard InChI is InChI=1S/C10H15N3O2S/c1-3-4-7-5-8(14)13-10(12-7)16-6(2)9(11)15/h5-6H,3-4H2,1-2H3,(H2,11,15)(H,12,13,14)/t6-/m1/s1. The summed E-state index contributed by atoms with van der Waals surface area (Å²) in [5.41, 5.74) is 5.68. The number of aromatic amines is 1. The summed E-state index contributed by atoms with van der Waals surface area (Å²) < 4.78 is 0. The Bertz CT molecular complexity index is 430. The summed E-state index contributed by atoms with van der Waals surface area (Å²) in [5, 5.41) is 0.0438. The highest BCUT2D eigenvalue weighted by Gasteiger charge is 2.12. The number of aromatic nitrogens is 2. The van der Waals surface area contributed by atoms with E-state index in [4.69, 9.17) is 5.73 Å². The predicted octanol–water partition coefficient (Wildman–Crippen LogP) is 0.688. The topological polar surface area (TPSA) is 88.8 Å². The number of primary amides is 1. The third-order valence-electron chi connectivity index (χ3n) is 1.97. The Kier molecular flexibility index (Phi) is 4.54. The normalized spacial score (nSPS) is 12.4. The van der Waals surface area contributed by atoms with Crippen LogP contribution in [0.1, 0.15) is 26.0 Å². The Hall–Kier alpha value is -1.30. The summed E-state index contributed by atoms with van der Waals surface area (Å²) >= 11 is 1.16. The lowest BCUT2D eigenvalue weighted by atomic mass is 10.2. The van der Waals surface area contributed by atoms with Gasteiger partial charge in [-0.05, 0) is 13.3 Å². The number of nitrogens with one attached hydrogen (secondary N) is 1. The number of thioether (sulfide) groups is 1. The van der Waals surface area contributed by atoms with Crippen molar-refractivity contribution in [3.63, 3.8) is 0 Å². The third-order valence-corrected chi connectivity index (χ3v) is 2.97. The fourth-order valence-electron chi connectivity index (χ4n) is 1.15. The van der Waals surface area contributed by atoms with Crippen molar-refractivity contribution in [3.8, 4) is 0 Å². The zero-order valence-electron chi connectivity index (χ0n) is 9.32. The van der Waals surface area contributed by atoms with E-state index in [0.717, 1.165) is 30.3 Å². The van der Waals surface area contributed by atoms with E-state index in [0.29, 0.717) is 5.16 Å². The minimum Gasteiger partial charge on any atom is -0.369 e. The molecule has 1 heterocycles. The predicted molar refractivity (Wildman–Crippen MR) is 63.4 cm³/mol. The Labute approximate surface area is 97.8 Å². The molecule has 1 aromatic heterocycles. The summed E-state index contributed by atoms with van der Waals surface area (Å²) in [6, 6.07) is 1.47. The first-order valence-corrected chi connectivity index (χ1v) is 5.97. The van der Waals surface area contributed by atoms with E-state index in [1.54, 1.807) is 6.92 Å². The monoisotopic (exact) mass is 241 g/mol. The van der Waals surface area contributed by atoms with Crippen molar-refractivity contribution in [2.75, 3.05) is 0 Å². The maximum Gasteiger partial charge on any atom is 0.251 e. The van der Waals surface area contributed by atoms with E-state index < -0.39 is 11.2 Å². The van der Waals surface area contributed by atoms with Crippen molar-refractivity contribution in [1.29, 1.82) is 0 Å². The van der Waals surface area contributed by atoms with Gasteiger partial charge in [0, 0.05) is 11.8 Å². The van der Waals surface area contributed by atoms with Crippen molar-refractivity contribution in [2.24, 2.45) is 5.73 Å². The summed E-state index contributed by atoms with van der Waals surface area (Å²) in [6.45, 7) is 3.70. The average molecular weight is 241 g/mol. The van der Waals surface area contributed by atoms with E-state index in [-0.39, 0.29) is 5.56 Å². The quantitative estimate of drug-likeness (QED) is 0.586. The second-order valence-corrected chi connectivity index (χ2v) is 4.78. The molecule has 0 unspecified atom stereocenters. The number of hydrogen-bond donors (Lipinski definition) is 2. The van der Waals surface area contributed by atoms with Gasteiger partial charge < -0.3 is 10.7 Å². The Morgan fingerprint density at radius 2 is 2.38 bits per heavy atom. The fraction of sp³-hybridized carbons (Fsp3) is 0.500. The van der Waals surface area contributed by atoms with Crippen LogP contribution in [0.5, 0.6) is 0 Å². The number of rotatable bonds is 5. The molecular weight excluding hydrogens is 226 g/mol. The van der Waals surface area contributed by atoms with E-state index in [2.05, 4.69) is 9.97 Å². The maximum atomic E-state index is 11.3. The molecule has 88 valence electrons. The van der Waals surface area contributed by atoms with Gasteiger partial charge in [-0.1, -0.05) is 25.1 Å². The van der Waals surface area contributed by atoms with Crippen LogP contribution in [0.3, 0.4) is 0 Å². The van der Waals surface area contributed by atoms with E-state index in [9.17, 15) is 9.59 Å². The van der Waals surface area contributed by atoms with Crippen LogP contribution in [0.2, 0.25) is 0 Å². The molecular formula is C10H15N3O2S. The average Bonchev–Trinajstić information content (AvgIpc) is 2.16. The largest absolute Gasteiger partial charge is 0.369 e. The first kappa shape index (κ1) is 12.8. The molecule has 0 saturated heterocycles. The van der Waals surface area contributed by atoms with Gasteiger partial charge in [0.25, 0.3) is 5.56 Å². The van der Waals surface area contributed by atoms with Gasteiger partial charge in [0.05, 0.1) is 5.25 Å². The molecule has 1 amide bonds. The lowest BCUT2D eigenvalue weighted by Crippen LogP contribution is -2.23. The van der Waals surface area contributed by atoms with Crippen molar-refractivity contribution in [2.45, 2.75) is 37.1 Å². The second kappa shape index (κ2) is 5.69.